The summed E-state index contributed by atoms with van der Waals surface area (Å²) in [6, 6.07) is 11.0. The van der Waals surface area contributed by atoms with Gasteiger partial charge < -0.3 is 14.2 Å². The van der Waals surface area contributed by atoms with E-state index >= 15 is 0 Å². The van der Waals surface area contributed by atoms with Gasteiger partial charge in [-0.1, -0.05) is 12.1 Å². The first-order valence-corrected chi connectivity index (χ1v) is 7.88. The van der Waals surface area contributed by atoms with E-state index in [2.05, 4.69) is 10.5 Å². The molecule has 27 heavy (non-hydrogen) atoms. The number of ether oxygens (including phenoxy) is 3. The number of hydrogen-bond acceptors (Lipinski definition) is 7. The van der Waals surface area contributed by atoms with Crippen LogP contribution in [0.3, 0.4) is 0 Å². The molecule has 0 atom stereocenters. The van der Waals surface area contributed by atoms with Gasteiger partial charge in [-0.25, -0.2) is 5.43 Å². The minimum Gasteiger partial charge on any atom is -0.497 e. The maximum absolute atomic E-state index is 11.9. The maximum Gasteiger partial charge on any atom is 0.310 e. The van der Waals surface area contributed by atoms with Crippen LogP contribution in [0.1, 0.15) is 12.5 Å². The van der Waals surface area contributed by atoms with Crippen molar-refractivity contribution in [2.75, 3.05) is 20.8 Å². The number of nitrogens with one attached hydrogen (secondary N) is 1. The molecule has 0 radical (unpaired) electrons. The first kappa shape index (κ1) is 19.7. The van der Waals surface area contributed by atoms with Crippen LogP contribution in [-0.4, -0.2) is 37.4 Å². The van der Waals surface area contributed by atoms with Crippen molar-refractivity contribution in [3.8, 4) is 17.2 Å². The van der Waals surface area contributed by atoms with E-state index in [1.165, 1.54) is 25.3 Å². The van der Waals surface area contributed by atoms with E-state index < -0.39 is 17.4 Å². The number of methoxy groups -OCH3 is 2. The van der Waals surface area contributed by atoms with E-state index in [-0.39, 0.29) is 11.4 Å². The summed E-state index contributed by atoms with van der Waals surface area (Å²) >= 11 is 0. The Kier molecular flexibility index (Phi) is 6.70. The van der Waals surface area contributed by atoms with Gasteiger partial charge >= 0.3 is 5.69 Å². The molecule has 0 unspecified atom stereocenters. The molecule has 0 spiro atoms. The van der Waals surface area contributed by atoms with E-state index in [4.69, 9.17) is 14.2 Å². The number of hydrazone groups is 1. The molecule has 1 N–H and O–H groups in total. The predicted octanol–water partition coefficient (Wildman–Crippen LogP) is 2.53. The van der Waals surface area contributed by atoms with Crippen LogP contribution in [0.15, 0.2) is 47.6 Å². The number of para-hydroxylation sites is 2. The largest absolute Gasteiger partial charge is 0.497 e. The molecule has 0 bridgehead atoms. The fourth-order valence-corrected chi connectivity index (χ4v) is 2.21. The molecule has 2 rings (SSSR count). The minimum absolute atomic E-state index is 0.00942. The molecule has 142 valence electrons. The number of carbonyl (C=O) groups is 1. The number of amides is 1. The second-order valence-electron chi connectivity index (χ2n) is 5.31. The lowest BCUT2D eigenvalue weighted by Gasteiger charge is -2.10. The summed E-state index contributed by atoms with van der Waals surface area (Å²) in [4.78, 5) is 22.3. The van der Waals surface area contributed by atoms with Gasteiger partial charge in [0.05, 0.1) is 24.9 Å². The monoisotopic (exact) mass is 373 g/mol. The highest BCUT2D eigenvalue weighted by molar-refractivity contribution is 6.01. The van der Waals surface area contributed by atoms with Crippen LogP contribution in [0, 0.1) is 10.1 Å². The quantitative estimate of drug-likeness (QED) is 0.432. The Morgan fingerprint density at radius 3 is 2.56 bits per heavy atom. The number of nitrogens with zero attached hydrogens (tertiary/aromatic N) is 2. The molecule has 0 saturated carbocycles. The van der Waals surface area contributed by atoms with Gasteiger partial charge in [0, 0.05) is 17.7 Å². The highest BCUT2D eigenvalue weighted by Crippen LogP contribution is 2.26. The number of carbonyl (C=O) groups excluding carboxylic acids is 1. The second kappa shape index (κ2) is 9.18. The molecule has 2 aromatic rings. The van der Waals surface area contributed by atoms with E-state index in [9.17, 15) is 14.9 Å². The first-order valence-electron chi connectivity index (χ1n) is 7.88. The highest BCUT2D eigenvalue weighted by atomic mass is 16.6. The summed E-state index contributed by atoms with van der Waals surface area (Å²) in [6.45, 7) is 1.29. The number of hydrogen-bond donors (Lipinski definition) is 1. The zero-order valence-electron chi connectivity index (χ0n) is 15.1. The lowest BCUT2D eigenvalue weighted by Crippen LogP contribution is -2.25. The summed E-state index contributed by atoms with van der Waals surface area (Å²) in [5.41, 5.74) is 3.32. The third-order valence-corrected chi connectivity index (χ3v) is 3.57. The van der Waals surface area contributed by atoms with Crippen LogP contribution in [-0.2, 0) is 4.79 Å². The van der Waals surface area contributed by atoms with Crippen LogP contribution in [0.4, 0.5) is 5.69 Å². The standard InChI is InChI=1S/C18H19N3O6/c1-12(14-9-8-13(25-2)10-17(14)26-3)19-20-18(22)11-27-16-7-5-4-6-15(16)21(23)24/h4-10H,11H2,1-3H3,(H,20,22)/b19-12+. The fourth-order valence-electron chi connectivity index (χ4n) is 2.21. The number of benzene rings is 2. The Labute approximate surface area is 155 Å². The fraction of sp³-hybridized carbons (Fsp3) is 0.222. The average Bonchev–Trinajstić information content (AvgIpc) is 2.69. The first-order chi connectivity index (χ1) is 13.0. The maximum atomic E-state index is 11.9. The topological polar surface area (TPSA) is 112 Å². The van der Waals surface area contributed by atoms with Gasteiger partial charge in [-0.15, -0.1) is 0 Å². The number of rotatable bonds is 8. The van der Waals surface area contributed by atoms with Gasteiger partial charge in [0.2, 0.25) is 0 Å². The van der Waals surface area contributed by atoms with Crippen LogP contribution in [0.25, 0.3) is 0 Å². The van der Waals surface area contributed by atoms with Crippen LogP contribution in [0.5, 0.6) is 17.2 Å². The van der Waals surface area contributed by atoms with Gasteiger partial charge in [-0.3, -0.25) is 14.9 Å². The highest BCUT2D eigenvalue weighted by Gasteiger charge is 2.15. The van der Waals surface area contributed by atoms with Crippen LogP contribution in [0.2, 0.25) is 0 Å². The SMILES string of the molecule is COc1ccc(/C(C)=N/NC(=O)COc2ccccc2[N+](=O)[O-])c(OC)c1. The van der Waals surface area contributed by atoms with Gasteiger partial charge in [0.25, 0.3) is 5.91 Å². The zero-order valence-corrected chi connectivity index (χ0v) is 15.1. The smallest absolute Gasteiger partial charge is 0.310 e. The van der Waals surface area contributed by atoms with E-state index in [0.29, 0.717) is 22.8 Å². The molecular weight excluding hydrogens is 354 g/mol. The third kappa shape index (κ3) is 5.18. The Balaban J connectivity index is 2.01. The Morgan fingerprint density at radius 2 is 1.89 bits per heavy atom. The molecule has 0 aromatic heterocycles. The predicted molar refractivity (Wildman–Crippen MR) is 98.5 cm³/mol. The molecule has 0 aliphatic carbocycles. The van der Waals surface area contributed by atoms with E-state index in [1.54, 1.807) is 38.3 Å². The van der Waals surface area contributed by atoms with Crippen molar-refractivity contribution in [2.24, 2.45) is 5.10 Å². The van der Waals surface area contributed by atoms with Gasteiger partial charge in [0.15, 0.2) is 12.4 Å². The van der Waals surface area contributed by atoms with Crippen molar-refractivity contribution >= 4 is 17.3 Å². The van der Waals surface area contributed by atoms with E-state index in [1.807, 2.05) is 0 Å². The minimum atomic E-state index is -0.578. The number of nitro benzene ring substituents is 1. The summed E-state index contributed by atoms with van der Waals surface area (Å²) < 4.78 is 15.6. The molecule has 0 aliphatic heterocycles. The summed E-state index contributed by atoms with van der Waals surface area (Å²) in [6.07, 6.45) is 0. The molecule has 0 saturated heterocycles. The normalized spacial score (nSPS) is 10.9. The van der Waals surface area contributed by atoms with Crippen molar-refractivity contribution in [3.05, 3.63) is 58.1 Å². The van der Waals surface area contributed by atoms with E-state index in [0.717, 1.165) is 0 Å². The summed E-state index contributed by atoms with van der Waals surface area (Å²) in [7, 11) is 3.07. The van der Waals surface area contributed by atoms with Gasteiger partial charge in [-0.2, -0.15) is 5.10 Å². The molecule has 0 aliphatic rings. The molecule has 0 heterocycles. The molecule has 1 amide bonds. The zero-order chi connectivity index (χ0) is 19.8. The van der Waals surface area contributed by atoms with Crippen LogP contribution >= 0.6 is 0 Å². The molecule has 2 aromatic carbocycles. The molecule has 0 fully saturated rings. The van der Waals surface area contributed by atoms with Gasteiger partial charge in [-0.05, 0) is 25.1 Å². The lowest BCUT2D eigenvalue weighted by molar-refractivity contribution is -0.385. The second-order valence-corrected chi connectivity index (χ2v) is 5.31. The molecule has 9 heteroatoms. The van der Waals surface area contributed by atoms with Crippen LogP contribution < -0.4 is 19.6 Å². The van der Waals surface area contributed by atoms with Crippen molar-refractivity contribution in [1.82, 2.24) is 5.43 Å². The summed E-state index contributed by atoms with van der Waals surface area (Å²) in [5, 5.41) is 14.9. The Hall–Kier alpha value is -3.62. The molecular formula is C18H19N3O6. The van der Waals surface area contributed by atoms with Crippen molar-refractivity contribution in [1.29, 1.82) is 0 Å². The Bertz CT molecular complexity index is 866. The molecule has 9 nitrogen and oxygen atoms in total. The number of nitro groups is 1. The third-order valence-electron chi connectivity index (χ3n) is 3.57. The average molecular weight is 373 g/mol. The van der Waals surface area contributed by atoms with Crippen molar-refractivity contribution in [3.63, 3.8) is 0 Å². The summed E-state index contributed by atoms with van der Waals surface area (Å²) in [5.74, 6) is 0.626. The van der Waals surface area contributed by atoms with Crippen molar-refractivity contribution in [2.45, 2.75) is 6.92 Å². The van der Waals surface area contributed by atoms with Crippen molar-refractivity contribution < 1.29 is 23.9 Å². The van der Waals surface area contributed by atoms with Gasteiger partial charge in [0.1, 0.15) is 11.5 Å². The Morgan fingerprint density at radius 1 is 1.15 bits per heavy atom. The lowest BCUT2D eigenvalue weighted by atomic mass is 10.1.